The lowest BCUT2D eigenvalue weighted by molar-refractivity contribution is -0.133. The van der Waals surface area contributed by atoms with Crippen molar-refractivity contribution in [2.45, 2.75) is 19.8 Å². The Morgan fingerprint density at radius 3 is 2.88 bits per heavy atom. The third-order valence-electron chi connectivity index (χ3n) is 3.58. The second-order valence-corrected chi connectivity index (χ2v) is 5.47. The van der Waals surface area contributed by atoms with Gasteiger partial charge in [-0.15, -0.1) is 0 Å². The lowest BCUT2D eigenvalue weighted by Gasteiger charge is -2.29. The summed E-state index contributed by atoms with van der Waals surface area (Å²) in [5.74, 6) is 0.699. The van der Waals surface area contributed by atoms with Crippen molar-refractivity contribution in [2.75, 3.05) is 11.9 Å². The molecule has 0 aliphatic carbocycles. The van der Waals surface area contributed by atoms with E-state index in [1.165, 1.54) is 5.01 Å². The number of nitrogens with zero attached hydrogens (tertiary/aromatic N) is 2. The number of anilines is 1. The molecule has 0 radical (unpaired) electrons. The van der Waals surface area contributed by atoms with E-state index < -0.39 is 0 Å². The number of carbonyl (C=O) groups excluding carboxylic acids is 2. The van der Waals surface area contributed by atoms with Crippen LogP contribution in [0.4, 0.5) is 5.82 Å². The Balaban J connectivity index is 1.56. The van der Waals surface area contributed by atoms with E-state index in [9.17, 15) is 9.59 Å². The molecule has 24 heavy (non-hydrogen) atoms. The zero-order chi connectivity index (χ0) is 16.9. The van der Waals surface area contributed by atoms with Gasteiger partial charge in [0.25, 0.3) is 0 Å². The summed E-state index contributed by atoms with van der Waals surface area (Å²) in [6.07, 6.45) is 2.32. The number of nitrogens with one attached hydrogen (secondary N) is 2. The van der Waals surface area contributed by atoms with Crippen LogP contribution in [0.3, 0.4) is 0 Å². The van der Waals surface area contributed by atoms with E-state index >= 15 is 0 Å². The van der Waals surface area contributed by atoms with Crippen LogP contribution in [0.1, 0.15) is 24.2 Å². The minimum Gasteiger partial charge on any atom is -0.360 e. The number of aryl methyl sites for hydroxylation is 1. The van der Waals surface area contributed by atoms with Crippen LogP contribution in [0, 0.1) is 6.92 Å². The fourth-order valence-electron chi connectivity index (χ4n) is 2.38. The summed E-state index contributed by atoms with van der Waals surface area (Å²) in [5, 5.41) is 7.81. The molecular weight excluding hydrogens is 308 g/mol. The number of aromatic nitrogens is 1. The molecule has 3 rings (SSSR count). The van der Waals surface area contributed by atoms with E-state index in [1.807, 2.05) is 36.4 Å². The smallest absolute Gasteiger partial charge is 0.244 e. The number of hydrogen-bond donors (Lipinski definition) is 2. The maximum atomic E-state index is 12.0. The molecule has 2 amide bonds. The second-order valence-electron chi connectivity index (χ2n) is 5.47. The molecule has 7 heteroatoms. The molecule has 1 aliphatic rings. The first-order chi connectivity index (χ1) is 11.6. The molecule has 0 fully saturated rings. The first-order valence-corrected chi connectivity index (χ1v) is 7.67. The fourth-order valence-corrected chi connectivity index (χ4v) is 2.38. The zero-order valence-electron chi connectivity index (χ0n) is 13.3. The van der Waals surface area contributed by atoms with Crippen LogP contribution in [0.25, 0.3) is 5.70 Å². The van der Waals surface area contributed by atoms with Gasteiger partial charge < -0.3 is 9.84 Å². The lowest BCUT2D eigenvalue weighted by atomic mass is 10.1. The highest BCUT2D eigenvalue weighted by Gasteiger charge is 2.20. The molecule has 2 heterocycles. The third kappa shape index (κ3) is 3.81. The summed E-state index contributed by atoms with van der Waals surface area (Å²) < 4.78 is 4.89. The molecule has 124 valence electrons. The lowest BCUT2D eigenvalue weighted by Crippen LogP contribution is -2.45. The van der Waals surface area contributed by atoms with Gasteiger partial charge in [-0.3, -0.25) is 20.0 Å². The van der Waals surface area contributed by atoms with Gasteiger partial charge in [-0.05, 0) is 18.6 Å². The van der Waals surface area contributed by atoms with E-state index in [4.69, 9.17) is 4.52 Å². The molecule has 0 unspecified atom stereocenters. The molecule has 0 saturated carbocycles. The van der Waals surface area contributed by atoms with E-state index in [2.05, 4.69) is 15.9 Å². The molecule has 2 N–H and O–H groups in total. The Kier molecular flexibility index (Phi) is 4.60. The summed E-state index contributed by atoms with van der Waals surface area (Å²) in [4.78, 5) is 24.0. The summed E-state index contributed by atoms with van der Waals surface area (Å²) >= 11 is 0. The third-order valence-corrected chi connectivity index (χ3v) is 3.58. The molecule has 7 nitrogen and oxygen atoms in total. The Hall–Kier alpha value is -3.09. The van der Waals surface area contributed by atoms with E-state index in [0.717, 1.165) is 11.3 Å². The van der Waals surface area contributed by atoms with Gasteiger partial charge in [-0.1, -0.05) is 35.5 Å². The molecule has 1 aromatic heterocycles. The van der Waals surface area contributed by atoms with Gasteiger partial charge in [-0.25, -0.2) is 0 Å². The van der Waals surface area contributed by atoms with Crippen LogP contribution in [-0.4, -0.2) is 28.5 Å². The molecule has 0 atom stereocenters. The highest BCUT2D eigenvalue weighted by molar-refractivity contribution is 5.90. The van der Waals surface area contributed by atoms with Crippen molar-refractivity contribution in [1.29, 1.82) is 0 Å². The van der Waals surface area contributed by atoms with Crippen LogP contribution in [0.15, 0.2) is 47.0 Å². The zero-order valence-corrected chi connectivity index (χ0v) is 13.3. The Labute approximate surface area is 139 Å². The van der Waals surface area contributed by atoms with Crippen molar-refractivity contribution in [1.82, 2.24) is 15.6 Å². The molecule has 0 spiro atoms. The van der Waals surface area contributed by atoms with Gasteiger partial charge in [0.15, 0.2) is 5.82 Å². The fraction of sp³-hybridized carbons (Fsp3) is 0.235. The average Bonchev–Trinajstić information content (AvgIpc) is 3.00. The SMILES string of the molecule is Cc1cc(NC(=O)CCN2NC(c3ccccc3)=CCC2=O)no1. The van der Waals surface area contributed by atoms with Crippen molar-refractivity contribution < 1.29 is 14.1 Å². The topological polar surface area (TPSA) is 87.5 Å². The summed E-state index contributed by atoms with van der Waals surface area (Å²) in [6.45, 7) is 2.02. The van der Waals surface area contributed by atoms with Crippen LogP contribution in [0.2, 0.25) is 0 Å². The summed E-state index contributed by atoms with van der Waals surface area (Å²) in [5.41, 5.74) is 4.93. The van der Waals surface area contributed by atoms with Crippen molar-refractivity contribution in [3.05, 3.63) is 53.8 Å². The van der Waals surface area contributed by atoms with Gasteiger partial charge in [0.2, 0.25) is 11.8 Å². The standard InChI is InChI=1S/C17H18N4O3/c1-12-11-15(20-24-12)18-16(22)9-10-21-17(23)8-7-14(19-21)13-5-3-2-4-6-13/h2-7,11,19H,8-10H2,1H3,(H,18,20,22). The predicted molar refractivity (Wildman–Crippen MR) is 88.4 cm³/mol. The normalized spacial score (nSPS) is 14.1. The Bertz CT molecular complexity index is 767. The van der Waals surface area contributed by atoms with Gasteiger partial charge in [0.05, 0.1) is 12.2 Å². The minimum atomic E-state index is -0.228. The number of benzene rings is 1. The number of hydrazine groups is 1. The van der Waals surface area contributed by atoms with Gasteiger partial charge in [0.1, 0.15) is 5.76 Å². The van der Waals surface area contributed by atoms with Crippen LogP contribution >= 0.6 is 0 Å². The molecule has 2 aromatic rings. The van der Waals surface area contributed by atoms with Crippen molar-refractivity contribution >= 4 is 23.3 Å². The van der Waals surface area contributed by atoms with Gasteiger partial charge in [-0.2, -0.15) is 0 Å². The summed E-state index contributed by atoms with van der Waals surface area (Å²) in [6, 6.07) is 11.4. The number of rotatable bonds is 5. The first-order valence-electron chi connectivity index (χ1n) is 7.67. The Morgan fingerprint density at radius 1 is 1.38 bits per heavy atom. The molecular formula is C17H18N4O3. The summed E-state index contributed by atoms with van der Waals surface area (Å²) in [7, 11) is 0. The molecule has 1 aliphatic heterocycles. The Morgan fingerprint density at radius 2 is 2.17 bits per heavy atom. The van der Waals surface area contributed by atoms with E-state index in [1.54, 1.807) is 13.0 Å². The quantitative estimate of drug-likeness (QED) is 0.878. The van der Waals surface area contributed by atoms with E-state index in [0.29, 0.717) is 18.0 Å². The average molecular weight is 326 g/mol. The minimum absolute atomic E-state index is 0.0697. The number of hydrogen-bond acceptors (Lipinski definition) is 5. The monoisotopic (exact) mass is 326 g/mol. The van der Waals surface area contributed by atoms with Crippen LogP contribution < -0.4 is 10.7 Å². The molecule has 0 saturated heterocycles. The van der Waals surface area contributed by atoms with Crippen molar-refractivity contribution in [3.63, 3.8) is 0 Å². The van der Waals surface area contributed by atoms with Gasteiger partial charge in [0, 0.05) is 18.9 Å². The molecule has 0 bridgehead atoms. The van der Waals surface area contributed by atoms with Crippen molar-refractivity contribution in [3.8, 4) is 0 Å². The highest BCUT2D eigenvalue weighted by atomic mass is 16.5. The second kappa shape index (κ2) is 6.99. The first kappa shape index (κ1) is 15.8. The highest BCUT2D eigenvalue weighted by Crippen LogP contribution is 2.17. The van der Waals surface area contributed by atoms with Crippen LogP contribution in [0.5, 0.6) is 0 Å². The van der Waals surface area contributed by atoms with E-state index in [-0.39, 0.29) is 24.8 Å². The predicted octanol–water partition coefficient (Wildman–Crippen LogP) is 2.09. The van der Waals surface area contributed by atoms with Gasteiger partial charge >= 0.3 is 0 Å². The number of carbonyl (C=O) groups is 2. The maximum Gasteiger partial charge on any atom is 0.244 e. The molecule has 1 aromatic carbocycles. The largest absolute Gasteiger partial charge is 0.360 e. The van der Waals surface area contributed by atoms with Crippen LogP contribution in [-0.2, 0) is 9.59 Å². The van der Waals surface area contributed by atoms with Crippen molar-refractivity contribution in [2.24, 2.45) is 0 Å². The number of amides is 2. The maximum absolute atomic E-state index is 12.0.